The van der Waals surface area contributed by atoms with Crippen LogP contribution in [0.15, 0.2) is 29.4 Å². The number of hydrogen-bond donors (Lipinski definition) is 1. The highest BCUT2D eigenvalue weighted by molar-refractivity contribution is 7.99. The van der Waals surface area contributed by atoms with Crippen LogP contribution in [0, 0.1) is 11.3 Å². The number of aryl methyl sites for hydroxylation is 1. The van der Waals surface area contributed by atoms with Crippen LogP contribution < -0.4 is 5.32 Å². The van der Waals surface area contributed by atoms with Crippen LogP contribution in [0.25, 0.3) is 0 Å². The molecule has 7 heteroatoms. The van der Waals surface area contributed by atoms with E-state index in [1.54, 1.807) is 24.3 Å². The average molecular weight is 315 g/mol. The fourth-order valence-electron chi connectivity index (χ4n) is 2.01. The van der Waals surface area contributed by atoms with Crippen LogP contribution in [0.5, 0.6) is 0 Å². The lowest BCUT2D eigenvalue weighted by molar-refractivity contribution is -0.113. The van der Waals surface area contributed by atoms with Gasteiger partial charge in [0.15, 0.2) is 5.16 Å². The van der Waals surface area contributed by atoms with Gasteiger partial charge in [-0.1, -0.05) is 30.8 Å². The molecule has 0 atom stereocenters. The molecule has 1 N–H and O–H groups in total. The molecule has 0 spiro atoms. The Morgan fingerprint density at radius 3 is 2.82 bits per heavy atom. The second-order valence-electron chi connectivity index (χ2n) is 4.49. The standard InChI is InChI=1S/C15H17N5OS/c1-3-13-18-19-15(20(13)4-2)22-10-14(21)17-12-8-6-5-7-11(12)9-16/h5-8H,3-4,10H2,1-2H3,(H,17,21). The zero-order chi connectivity index (χ0) is 15.9. The number of amides is 1. The van der Waals surface area contributed by atoms with Crippen LogP contribution in [0.2, 0.25) is 0 Å². The number of rotatable bonds is 6. The highest BCUT2D eigenvalue weighted by Crippen LogP contribution is 2.19. The highest BCUT2D eigenvalue weighted by atomic mass is 32.2. The lowest BCUT2D eigenvalue weighted by Crippen LogP contribution is -2.15. The molecule has 0 fully saturated rings. The second-order valence-corrected chi connectivity index (χ2v) is 5.43. The van der Waals surface area contributed by atoms with E-state index in [0.29, 0.717) is 11.3 Å². The molecule has 2 aromatic rings. The van der Waals surface area contributed by atoms with Crippen molar-refractivity contribution in [3.63, 3.8) is 0 Å². The molecule has 22 heavy (non-hydrogen) atoms. The third-order valence-corrected chi connectivity index (χ3v) is 4.05. The number of benzene rings is 1. The van der Waals surface area contributed by atoms with Crippen molar-refractivity contribution in [1.82, 2.24) is 14.8 Å². The van der Waals surface area contributed by atoms with Crippen molar-refractivity contribution < 1.29 is 4.79 Å². The van der Waals surface area contributed by atoms with Crippen LogP contribution in [-0.4, -0.2) is 26.4 Å². The number of nitrogens with zero attached hydrogens (tertiary/aromatic N) is 4. The third kappa shape index (κ3) is 3.65. The van der Waals surface area contributed by atoms with E-state index in [2.05, 4.69) is 21.6 Å². The maximum absolute atomic E-state index is 12.0. The van der Waals surface area contributed by atoms with Gasteiger partial charge in [0.1, 0.15) is 11.9 Å². The van der Waals surface area contributed by atoms with Crippen molar-refractivity contribution in [1.29, 1.82) is 5.26 Å². The van der Waals surface area contributed by atoms with Gasteiger partial charge < -0.3 is 9.88 Å². The Morgan fingerprint density at radius 2 is 2.14 bits per heavy atom. The van der Waals surface area contributed by atoms with Crippen molar-refractivity contribution in [2.24, 2.45) is 0 Å². The largest absolute Gasteiger partial charge is 0.324 e. The van der Waals surface area contributed by atoms with E-state index >= 15 is 0 Å². The van der Waals surface area contributed by atoms with Gasteiger partial charge in [-0.3, -0.25) is 4.79 Å². The predicted molar refractivity (Wildman–Crippen MR) is 85.6 cm³/mol. The van der Waals surface area contributed by atoms with Gasteiger partial charge in [0.2, 0.25) is 5.91 Å². The van der Waals surface area contributed by atoms with Gasteiger partial charge in [0.25, 0.3) is 0 Å². The minimum absolute atomic E-state index is 0.170. The van der Waals surface area contributed by atoms with E-state index in [-0.39, 0.29) is 11.7 Å². The number of anilines is 1. The number of carbonyl (C=O) groups excluding carboxylic acids is 1. The Bertz CT molecular complexity index is 704. The van der Waals surface area contributed by atoms with Crippen LogP contribution >= 0.6 is 11.8 Å². The Hall–Kier alpha value is -2.33. The molecule has 1 amide bonds. The van der Waals surface area contributed by atoms with Gasteiger partial charge in [0, 0.05) is 13.0 Å². The molecule has 6 nitrogen and oxygen atoms in total. The maximum Gasteiger partial charge on any atom is 0.234 e. The second kappa shape index (κ2) is 7.61. The Kier molecular flexibility index (Phi) is 5.55. The number of aromatic nitrogens is 3. The SMILES string of the molecule is CCc1nnc(SCC(=O)Nc2ccccc2C#N)n1CC. The van der Waals surface area contributed by atoms with E-state index in [1.165, 1.54) is 11.8 Å². The summed E-state index contributed by atoms with van der Waals surface area (Å²) in [5, 5.41) is 20.7. The summed E-state index contributed by atoms with van der Waals surface area (Å²) in [6, 6.07) is 8.99. The van der Waals surface area contributed by atoms with E-state index in [4.69, 9.17) is 5.26 Å². The summed E-state index contributed by atoms with van der Waals surface area (Å²) in [4.78, 5) is 12.0. The minimum Gasteiger partial charge on any atom is -0.324 e. The molecular formula is C15H17N5OS. The summed E-state index contributed by atoms with van der Waals surface area (Å²) in [7, 11) is 0. The fourth-order valence-corrected chi connectivity index (χ4v) is 2.83. The van der Waals surface area contributed by atoms with Crippen molar-refractivity contribution in [2.75, 3.05) is 11.1 Å². The topological polar surface area (TPSA) is 83.6 Å². The van der Waals surface area contributed by atoms with Crippen molar-refractivity contribution in [3.05, 3.63) is 35.7 Å². The molecule has 1 aromatic carbocycles. The molecule has 1 heterocycles. The van der Waals surface area contributed by atoms with E-state index in [9.17, 15) is 4.79 Å². The van der Waals surface area contributed by atoms with E-state index < -0.39 is 0 Å². The molecule has 0 radical (unpaired) electrons. The molecule has 0 aliphatic rings. The number of para-hydroxylation sites is 1. The summed E-state index contributed by atoms with van der Waals surface area (Å²) in [5.41, 5.74) is 0.979. The van der Waals surface area contributed by atoms with Crippen LogP contribution in [-0.2, 0) is 17.8 Å². The number of carbonyl (C=O) groups is 1. The van der Waals surface area contributed by atoms with Crippen molar-refractivity contribution in [2.45, 2.75) is 32.0 Å². The molecule has 0 unspecified atom stereocenters. The first-order chi connectivity index (χ1) is 10.7. The summed E-state index contributed by atoms with van der Waals surface area (Å²) >= 11 is 1.34. The first-order valence-electron chi connectivity index (χ1n) is 7.03. The van der Waals surface area contributed by atoms with Gasteiger partial charge in [0.05, 0.1) is 17.0 Å². The van der Waals surface area contributed by atoms with Gasteiger partial charge in [-0.15, -0.1) is 10.2 Å². The first kappa shape index (κ1) is 16.0. The zero-order valence-electron chi connectivity index (χ0n) is 12.5. The summed E-state index contributed by atoms with van der Waals surface area (Å²) in [6.07, 6.45) is 0.809. The summed E-state index contributed by atoms with van der Waals surface area (Å²) < 4.78 is 2.00. The maximum atomic E-state index is 12.0. The summed E-state index contributed by atoms with van der Waals surface area (Å²) in [5.74, 6) is 0.971. The van der Waals surface area contributed by atoms with Crippen molar-refractivity contribution >= 4 is 23.4 Å². The van der Waals surface area contributed by atoms with E-state index in [0.717, 1.165) is 23.9 Å². The highest BCUT2D eigenvalue weighted by Gasteiger charge is 2.12. The van der Waals surface area contributed by atoms with Gasteiger partial charge in [-0.25, -0.2) is 0 Å². The fraction of sp³-hybridized carbons (Fsp3) is 0.333. The first-order valence-corrected chi connectivity index (χ1v) is 8.02. The molecule has 0 bridgehead atoms. The number of nitriles is 1. The molecule has 0 aliphatic carbocycles. The summed E-state index contributed by atoms with van der Waals surface area (Å²) in [6.45, 7) is 4.82. The number of hydrogen-bond acceptors (Lipinski definition) is 5. The number of thioether (sulfide) groups is 1. The quantitative estimate of drug-likeness (QED) is 0.828. The number of nitrogens with one attached hydrogen (secondary N) is 1. The van der Waals surface area contributed by atoms with Crippen LogP contribution in [0.3, 0.4) is 0 Å². The molecule has 0 saturated heterocycles. The normalized spacial score (nSPS) is 10.2. The lowest BCUT2D eigenvalue weighted by atomic mass is 10.2. The van der Waals surface area contributed by atoms with Crippen molar-refractivity contribution in [3.8, 4) is 6.07 Å². The van der Waals surface area contributed by atoms with Crippen LogP contribution in [0.1, 0.15) is 25.2 Å². The Labute approximate surface area is 133 Å². The zero-order valence-corrected chi connectivity index (χ0v) is 13.4. The monoisotopic (exact) mass is 315 g/mol. The minimum atomic E-state index is -0.170. The smallest absolute Gasteiger partial charge is 0.234 e. The molecule has 2 rings (SSSR count). The van der Waals surface area contributed by atoms with Gasteiger partial charge in [-0.05, 0) is 19.1 Å². The van der Waals surface area contributed by atoms with Gasteiger partial charge >= 0.3 is 0 Å². The molecular weight excluding hydrogens is 298 g/mol. The average Bonchev–Trinajstić information content (AvgIpc) is 2.95. The molecule has 114 valence electrons. The van der Waals surface area contributed by atoms with Gasteiger partial charge in [-0.2, -0.15) is 5.26 Å². The van der Waals surface area contributed by atoms with E-state index in [1.807, 2.05) is 18.4 Å². The Morgan fingerprint density at radius 1 is 1.36 bits per heavy atom. The molecule has 0 aliphatic heterocycles. The predicted octanol–water partition coefficient (Wildman–Crippen LogP) is 2.46. The van der Waals surface area contributed by atoms with Crippen LogP contribution in [0.4, 0.5) is 5.69 Å². The lowest BCUT2D eigenvalue weighted by Gasteiger charge is -2.07. The molecule has 1 aromatic heterocycles. The molecule has 0 saturated carbocycles. The third-order valence-electron chi connectivity index (χ3n) is 3.08. The Balaban J connectivity index is 1.99.